The summed E-state index contributed by atoms with van der Waals surface area (Å²) in [6.07, 6.45) is 0. The van der Waals surface area contributed by atoms with Gasteiger partial charge in [-0.05, 0) is 74.6 Å². The van der Waals surface area contributed by atoms with E-state index >= 15 is 0 Å². The first-order valence-corrected chi connectivity index (χ1v) is 7.36. The number of aryl methyl sites for hydroxylation is 4. The van der Waals surface area contributed by atoms with Crippen molar-refractivity contribution in [3.05, 3.63) is 63.2 Å². The summed E-state index contributed by atoms with van der Waals surface area (Å²) in [6.45, 7) is 10.8. The quantitative estimate of drug-likeness (QED) is 0.758. The number of nitrogens with one attached hydrogen (secondary N) is 1. The number of halogens is 1. The molecule has 0 aromatic heterocycles. The first-order valence-electron chi connectivity index (χ1n) is 6.99. The van der Waals surface area contributed by atoms with Gasteiger partial charge in [0.15, 0.2) is 0 Å². The third kappa shape index (κ3) is 3.16. The van der Waals surface area contributed by atoms with Crippen LogP contribution in [0.3, 0.4) is 0 Å². The van der Waals surface area contributed by atoms with Crippen LogP contribution in [0, 0.1) is 27.7 Å². The van der Waals surface area contributed by atoms with Crippen molar-refractivity contribution >= 4 is 17.3 Å². The molecule has 0 spiro atoms. The van der Waals surface area contributed by atoms with Gasteiger partial charge in [-0.3, -0.25) is 0 Å². The maximum atomic E-state index is 6.08. The maximum absolute atomic E-state index is 6.08. The lowest BCUT2D eigenvalue weighted by atomic mass is 9.96. The van der Waals surface area contributed by atoms with E-state index in [1.807, 2.05) is 18.2 Å². The SMILES string of the molecule is Cc1cc(C)c(C(C)Nc2cc(Cl)ccc2C)cc1C. The van der Waals surface area contributed by atoms with Crippen LogP contribution in [-0.4, -0.2) is 0 Å². The summed E-state index contributed by atoms with van der Waals surface area (Å²) >= 11 is 6.08. The maximum Gasteiger partial charge on any atom is 0.0488 e. The average molecular weight is 288 g/mol. The van der Waals surface area contributed by atoms with Crippen LogP contribution < -0.4 is 5.32 Å². The van der Waals surface area contributed by atoms with E-state index in [4.69, 9.17) is 11.6 Å². The van der Waals surface area contributed by atoms with Crippen LogP contribution >= 0.6 is 11.6 Å². The summed E-state index contributed by atoms with van der Waals surface area (Å²) in [6, 6.07) is 10.8. The van der Waals surface area contributed by atoms with Crippen molar-refractivity contribution in [3.8, 4) is 0 Å². The van der Waals surface area contributed by atoms with Gasteiger partial charge in [0.25, 0.3) is 0 Å². The van der Waals surface area contributed by atoms with Gasteiger partial charge in [0.05, 0.1) is 0 Å². The second kappa shape index (κ2) is 5.88. The average Bonchev–Trinajstić information content (AvgIpc) is 2.38. The Morgan fingerprint density at radius 2 is 1.50 bits per heavy atom. The summed E-state index contributed by atoms with van der Waals surface area (Å²) in [5.74, 6) is 0. The van der Waals surface area contributed by atoms with Gasteiger partial charge in [0, 0.05) is 16.8 Å². The lowest BCUT2D eigenvalue weighted by molar-refractivity contribution is 0.868. The molecule has 2 aromatic carbocycles. The predicted octanol–water partition coefficient (Wildman–Crippen LogP) is 5.75. The molecule has 0 heterocycles. The van der Waals surface area contributed by atoms with E-state index in [2.05, 4.69) is 52.1 Å². The first-order chi connectivity index (χ1) is 9.38. The lowest BCUT2D eigenvalue weighted by Gasteiger charge is -2.21. The largest absolute Gasteiger partial charge is 0.378 e. The highest BCUT2D eigenvalue weighted by molar-refractivity contribution is 6.30. The molecule has 2 aromatic rings. The van der Waals surface area contributed by atoms with Gasteiger partial charge in [-0.1, -0.05) is 29.8 Å². The first kappa shape index (κ1) is 14.9. The van der Waals surface area contributed by atoms with Crippen molar-refractivity contribution in [2.45, 2.75) is 40.7 Å². The zero-order valence-corrected chi connectivity index (χ0v) is 13.6. The van der Waals surface area contributed by atoms with Crippen molar-refractivity contribution in [1.29, 1.82) is 0 Å². The Kier molecular flexibility index (Phi) is 4.39. The Morgan fingerprint density at radius 1 is 0.850 bits per heavy atom. The molecule has 106 valence electrons. The molecule has 0 radical (unpaired) electrons. The van der Waals surface area contributed by atoms with E-state index < -0.39 is 0 Å². The van der Waals surface area contributed by atoms with Crippen LogP contribution in [-0.2, 0) is 0 Å². The third-order valence-electron chi connectivity index (χ3n) is 3.92. The second-order valence-corrected chi connectivity index (χ2v) is 6.05. The molecule has 0 aliphatic rings. The van der Waals surface area contributed by atoms with Gasteiger partial charge in [-0.2, -0.15) is 0 Å². The highest BCUT2D eigenvalue weighted by atomic mass is 35.5. The molecule has 2 rings (SSSR count). The fourth-order valence-electron chi connectivity index (χ4n) is 2.51. The van der Waals surface area contributed by atoms with Gasteiger partial charge >= 0.3 is 0 Å². The minimum atomic E-state index is 0.256. The van der Waals surface area contributed by atoms with E-state index in [0.29, 0.717) is 0 Å². The number of rotatable bonds is 3. The van der Waals surface area contributed by atoms with E-state index in [0.717, 1.165) is 10.7 Å². The van der Waals surface area contributed by atoms with Gasteiger partial charge in [-0.15, -0.1) is 0 Å². The minimum absolute atomic E-state index is 0.256. The molecule has 1 atom stereocenters. The highest BCUT2D eigenvalue weighted by Gasteiger charge is 2.11. The van der Waals surface area contributed by atoms with Crippen molar-refractivity contribution in [2.75, 3.05) is 5.32 Å². The zero-order valence-electron chi connectivity index (χ0n) is 12.8. The van der Waals surface area contributed by atoms with Crippen LogP contribution in [0.25, 0.3) is 0 Å². The molecular formula is C18H22ClN. The van der Waals surface area contributed by atoms with Crippen molar-refractivity contribution in [3.63, 3.8) is 0 Å². The Hall–Kier alpha value is -1.47. The minimum Gasteiger partial charge on any atom is -0.378 e. The van der Waals surface area contributed by atoms with Crippen LogP contribution in [0.2, 0.25) is 5.02 Å². The smallest absolute Gasteiger partial charge is 0.0488 e. The molecule has 1 N–H and O–H groups in total. The molecule has 0 saturated carbocycles. The van der Waals surface area contributed by atoms with Crippen LogP contribution in [0.1, 0.15) is 40.8 Å². The van der Waals surface area contributed by atoms with Gasteiger partial charge in [-0.25, -0.2) is 0 Å². The van der Waals surface area contributed by atoms with Gasteiger partial charge < -0.3 is 5.32 Å². The second-order valence-electron chi connectivity index (χ2n) is 5.62. The summed E-state index contributed by atoms with van der Waals surface area (Å²) < 4.78 is 0. The molecule has 0 fully saturated rings. The molecule has 2 heteroatoms. The predicted molar refractivity (Wildman–Crippen MR) is 88.9 cm³/mol. The topological polar surface area (TPSA) is 12.0 Å². The van der Waals surface area contributed by atoms with E-state index in [1.165, 1.54) is 27.8 Å². The Labute approximate surface area is 127 Å². The highest BCUT2D eigenvalue weighted by Crippen LogP contribution is 2.28. The molecule has 0 aliphatic carbocycles. The van der Waals surface area contributed by atoms with Crippen molar-refractivity contribution < 1.29 is 0 Å². The fraction of sp³-hybridized carbons (Fsp3) is 0.333. The fourth-order valence-corrected chi connectivity index (χ4v) is 2.68. The number of hydrogen-bond donors (Lipinski definition) is 1. The normalized spacial score (nSPS) is 12.3. The number of benzene rings is 2. The van der Waals surface area contributed by atoms with Crippen LogP contribution in [0.4, 0.5) is 5.69 Å². The summed E-state index contributed by atoms with van der Waals surface area (Å²) in [5, 5.41) is 4.34. The molecule has 0 saturated heterocycles. The van der Waals surface area contributed by atoms with E-state index in [9.17, 15) is 0 Å². The monoisotopic (exact) mass is 287 g/mol. The van der Waals surface area contributed by atoms with Gasteiger partial charge in [0.2, 0.25) is 0 Å². The molecule has 1 nitrogen and oxygen atoms in total. The van der Waals surface area contributed by atoms with E-state index in [1.54, 1.807) is 0 Å². The summed E-state index contributed by atoms with van der Waals surface area (Å²) in [4.78, 5) is 0. The number of hydrogen-bond acceptors (Lipinski definition) is 1. The van der Waals surface area contributed by atoms with Gasteiger partial charge in [0.1, 0.15) is 0 Å². The molecule has 1 unspecified atom stereocenters. The zero-order chi connectivity index (χ0) is 14.9. The van der Waals surface area contributed by atoms with Crippen LogP contribution in [0.5, 0.6) is 0 Å². The Morgan fingerprint density at radius 3 is 2.20 bits per heavy atom. The molecule has 0 aliphatic heterocycles. The molecule has 0 bridgehead atoms. The Bertz CT molecular complexity index is 632. The van der Waals surface area contributed by atoms with E-state index in [-0.39, 0.29) is 6.04 Å². The van der Waals surface area contributed by atoms with Crippen molar-refractivity contribution in [2.24, 2.45) is 0 Å². The summed E-state index contributed by atoms with van der Waals surface area (Å²) in [5.41, 5.74) is 7.66. The third-order valence-corrected chi connectivity index (χ3v) is 4.16. The number of anilines is 1. The van der Waals surface area contributed by atoms with Crippen LogP contribution in [0.15, 0.2) is 30.3 Å². The summed E-state index contributed by atoms with van der Waals surface area (Å²) in [7, 11) is 0. The van der Waals surface area contributed by atoms with Crippen molar-refractivity contribution in [1.82, 2.24) is 0 Å². The standard InChI is InChI=1S/C18H22ClN/c1-11-6-7-16(19)10-18(11)20-15(5)17-9-13(3)12(2)8-14(17)4/h6-10,15,20H,1-5H3. The molecular weight excluding hydrogens is 266 g/mol. The Balaban J connectivity index is 2.30. The lowest BCUT2D eigenvalue weighted by Crippen LogP contribution is -2.10. The molecule has 20 heavy (non-hydrogen) atoms. The molecule has 0 amide bonds.